The fourth-order valence-electron chi connectivity index (χ4n) is 1.61. The smallest absolute Gasteiger partial charge is 0.325 e. The third-order valence-electron chi connectivity index (χ3n) is 2.54. The molecule has 1 fully saturated rings. The maximum absolute atomic E-state index is 11.4. The molecule has 1 aliphatic rings. The van der Waals surface area contributed by atoms with Gasteiger partial charge in [0.15, 0.2) is 0 Å². The van der Waals surface area contributed by atoms with Crippen LogP contribution in [-0.4, -0.2) is 41.9 Å². The number of aliphatic carboxylic acids is 1. The van der Waals surface area contributed by atoms with Gasteiger partial charge >= 0.3 is 12.0 Å². The minimum atomic E-state index is -1.05. The Morgan fingerprint density at radius 3 is 2.75 bits per heavy atom. The van der Waals surface area contributed by atoms with Gasteiger partial charge in [-0.25, -0.2) is 4.79 Å². The van der Waals surface area contributed by atoms with Gasteiger partial charge in [-0.3, -0.25) is 4.79 Å². The molecule has 16 heavy (non-hydrogen) atoms. The average molecular weight is 230 g/mol. The number of carboxylic acid groups (broad SMARTS) is 1. The first-order valence-electron chi connectivity index (χ1n) is 5.40. The highest BCUT2D eigenvalue weighted by Gasteiger charge is 2.22. The summed E-state index contributed by atoms with van der Waals surface area (Å²) >= 11 is 0. The molecule has 0 aliphatic carbocycles. The molecule has 1 saturated heterocycles. The number of carbonyl (C=O) groups excluding carboxylic acids is 1. The predicted octanol–water partition coefficient (Wildman–Crippen LogP) is 0.326. The van der Waals surface area contributed by atoms with Gasteiger partial charge in [0, 0.05) is 12.6 Å². The summed E-state index contributed by atoms with van der Waals surface area (Å²) in [6, 6.07) is -1.25. The van der Waals surface area contributed by atoms with Gasteiger partial charge in [-0.2, -0.15) is 0 Å². The Morgan fingerprint density at radius 1 is 1.50 bits per heavy atom. The van der Waals surface area contributed by atoms with E-state index in [0.29, 0.717) is 6.61 Å². The molecule has 92 valence electrons. The van der Waals surface area contributed by atoms with Crippen molar-refractivity contribution in [1.82, 2.24) is 10.6 Å². The highest BCUT2D eigenvalue weighted by molar-refractivity contribution is 5.82. The van der Waals surface area contributed by atoms with Crippen LogP contribution in [0.15, 0.2) is 0 Å². The van der Waals surface area contributed by atoms with E-state index in [-0.39, 0.29) is 12.1 Å². The Morgan fingerprint density at radius 2 is 2.19 bits per heavy atom. The molecule has 3 N–H and O–H groups in total. The van der Waals surface area contributed by atoms with E-state index in [0.717, 1.165) is 12.8 Å². The lowest BCUT2D eigenvalue weighted by Gasteiger charge is -2.28. The summed E-state index contributed by atoms with van der Waals surface area (Å²) in [5.74, 6) is -1.05. The molecule has 0 saturated carbocycles. The van der Waals surface area contributed by atoms with Gasteiger partial charge in [0.25, 0.3) is 0 Å². The second-order valence-corrected chi connectivity index (χ2v) is 4.08. The highest BCUT2D eigenvalue weighted by atomic mass is 16.5. The van der Waals surface area contributed by atoms with Crippen LogP contribution in [0.5, 0.6) is 0 Å². The molecular formula is C10H18N2O4. The van der Waals surface area contributed by atoms with E-state index in [1.165, 1.54) is 6.92 Å². The van der Waals surface area contributed by atoms with E-state index in [9.17, 15) is 9.59 Å². The number of rotatable bonds is 3. The van der Waals surface area contributed by atoms with Gasteiger partial charge in [0.2, 0.25) is 0 Å². The van der Waals surface area contributed by atoms with Gasteiger partial charge in [0.05, 0.1) is 6.10 Å². The fraction of sp³-hybridized carbons (Fsp3) is 0.800. The first-order valence-corrected chi connectivity index (χ1v) is 5.40. The monoisotopic (exact) mass is 230 g/mol. The lowest BCUT2D eigenvalue weighted by atomic mass is 10.0. The second-order valence-electron chi connectivity index (χ2n) is 4.08. The lowest BCUT2D eigenvalue weighted by molar-refractivity contribution is -0.138. The Kier molecular flexibility index (Phi) is 4.54. The summed E-state index contributed by atoms with van der Waals surface area (Å²) in [6.07, 6.45) is 1.66. The number of hydrogen-bond acceptors (Lipinski definition) is 3. The molecule has 1 rings (SSSR count). The molecule has 1 aliphatic heterocycles. The predicted molar refractivity (Wildman–Crippen MR) is 57.2 cm³/mol. The van der Waals surface area contributed by atoms with Crippen LogP contribution >= 0.6 is 0 Å². The zero-order chi connectivity index (χ0) is 12.1. The van der Waals surface area contributed by atoms with Gasteiger partial charge in [0.1, 0.15) is 6.04 Å². The largest absolute Gasteiger partial charge is 0.480 e. The van der Waals surface area contributed by atoms with Crippen LogP contribution in [-0.2, 0) is 9.53 Å². The molecule has 2 amide bonds. The van der Waals surface area contributed by atoms with Crippen molar-refractivity contribution >= 4 is 12.0 Å². The summed E-state index contributed by atoms with van der Waals surface area (Å²) in [5.41, 5.74) is 0. The van der Waals surface area contributed by atoms with Crippen LogP contribution in [0, 0.1) is 0 Å². The van der Waals surface area contributed by atoms with Crippen molar-refractivity contribution in [2.75, 3.05) is 6.61 Å². The number of nitrogens with one attached hydrogen (secondary N) is 2. The van der Waals surface area contributed by atoms with Gasteiger partial charge < -0.3 is 20.5 Å². The van der Waals surface area contributed by atoms with E-state index in [1.54, 1.807) is 0 Å². The molecule has 0 aromatic carbocycles. The van der Waals surface area contributed by atoms with Crippen molar-refractivity contribution in [3.05, 3.63) is 0 Å². The van der Waals surface area contributed by atoms with E-state index in [2.05, 4.69) is 10.6 Å². The number of carbonyl (C=O) groups is 2. The lowest BCUT2D eigenvalue weighted by Crippen LogP contribution is -2.49. The Bertz CT molecular complexity index is 270. The van der Waals surface area contributed by atoms with Crippen LogP contribution in [0.1, 0.15) is 26.7 Å². The number of carboxylic acids is 1. The van der Waals surface area contributed by atoms with Crippen molar-refractivity contribution in [3.8, 4) is 0 Å². The first-order chi connectivity index (χ1) is 7.49. The van der Waals surface area contributed by atoms with Crippen molar-refractivity contribution < 1.29 is 19.4 Å². The fourth-order valence-corrected chi connectivity index (χ4v) is 1.61. The molecule has 0 aromatic rings. The molecule has 3 unspecified atom stereocenters. The van der Waals surface area contributed by atoms with Crippen LogP contribution in [0.3, 0.4) is 0 Å². The molecule has 1 heterocycles. The molecule has 0 radical (unpaired) electrons. The molecule has 6 nitrogen and oxygen atoms in total. The van der Waals surface area contributed by atoms with Crippen LogP contribution < -0.4 is 10.6 Å². The first kappa shape index (κ1) is 12.8. The number of amides is 2. The van der Waals surface area contributed by atoms with E-state index in [4.69, 9.17) is 9.84 Å². The van der Waals surface area contributed by atoms with Crippen molar-refractivity contribution in [3.63, 3.8) is 0 Å². The number of urea groups is 1. The van der Waals surface area contributed by atoms with Gasteiger partial charge in [-0.05, 0) is 26.7 Å². The normalized spacial score (nSPS) is 26.9. The summed E-state index contributed by atoms with van der Waals surface area (Å²) in [4.78, 5) is 21.9. The van der Waals surface area contributed by atoms with Gasteiger partial charge in [-0.1, -0.05) is 0 Å². The molecule has 3 atom stereocenters. The maximum Gasteiger partial charge on any atom is 0.325 e. The molecular weight excluding hydrogens is 212 g/mol. The van der Waals surface area contributed by atoms with Crippen LogP contribution in [0.4, 0.5) is 4.79 Å². The Balaban J connectivity index is 2.30. The molecule has 0 bridgehead atoms. The minimum Gasteiger partial charge on any atom is -0.480 e. The zero-order valence-corrected chi connectivity index (χ0v) is 9.53. The zero-order valence-electron chi connectivity index (χ0n) is 9.53. The standard InChI is InChI=1S/C10H18N2O4/c1-6-5-8(3-4-16-6)12-10(15)11-7(2)9(13)14/h6-8H,3-5H2,1-2H3,(H,13,14)(H2,11,12,15). The summed E-state index contributed by atoms with van der Waals surface area (Å²) in [5, 5.41) is 13.7. The van der Waals surface area contributed by atoms with Crippen molar-refractivity contribution in [2.45, 2.75) is 44.9 Å². The Hall–Kier alpha value is -1.30. The average Bonchev–Trinajstić information content (AvgIpc) is 2.16. The van der Waals surface area contributed by atoms with Crippen LogP contribution in [0.25, 0.3) is 0 Å². The SMILES string of the molecule is CC1CC(NC(=O)NC(C)C(=O)O)CCO1. The summed E-state index contributed by atoms with van der Waals surface area (Å²) in [6.45, 7) is 4.00. The van der Waals surface area contributed by atoms with Crippen LogP contribution in [0.2, 0.25) is 0 Å². The molecule has 0 spiro atoms. The van der Waals surface area contributed by atoms with Gasteiger partial charge in [-0.15, -0.1) is 0 Å². The third-order valence-corrected chi connectivity index (χ3v) is 2.54. The topological polar surface area (TPSA) is 87.7 Å². The summed E-state index contributed by atoms with van der Waals surface area (Å²) < 4.78 is 5.34. The molecule has 6 heteroatoms. The second kappa shape index (κ2) is 5.69. The summed E-state index contributed by atoms with van der Waals surface area (Å²) in [7, 11) is 0. The maximum atomic E-state index is 11.4. The third kappa shape index (κ3) is 4.06. The van der Waals surface area contributed by atoms with Crippen molar-refractivity contribution in [2.24, 2.45) is 0 Å². The van der Waals surface area contributed by atoms with E-state index in [1.807, 2.05) is 6.92 Å². The quantitative estimate of drug-likeness (QED) is 0.651. The number of hydrogen-bond donors (Lipinski definition) is 3. The molecule has 0 aromatic heterocycles. The minimum absolute atomic E-state index is 0.0599. The number of ether oxygens (including phenoxy) is 1. The Labute approximate surface area is 94.3 Å². The van der Waals surface area contributed by atoms with Crippen molar-refractivity contribution in [1.29, 1.82) is 0 Å². The van der Waals surface area contributed by atoms with E-state index < -0.39 is 18.0 Å². The van der Waals surface area contributed by atoms with E-state index >= 15 is 0 Å². The highest BCUT2D eigenvalue weighted by Crippen LogP contribution is 2.12.